The van der Waals surface area contributed by atoms with Gasteiger partial charge in [0.05, 0.1) is 5.69 Å². The molecule has 0 aliphatic carbocycles. The lowest BCUT2D eigenvalue weighted by atomic mass is 10.0. The molecule has 2 heterocycles. The molecule has 1 aromatic heterocycles. The van der Waals surface area contributed by atoms with E-state index in [1.54, 1.807) is 6.07 Å². The second kappa shape index (κ2) is 7.64. The van der Waals surface area contributed by atoms with E-state index in [4.69, 9.17) is 0 Å². The first-order chi connectivity index (χ1) is 12.0. The zero-order chi connectivity index (χ0) is 17.8. The maximum Gasteiger partial charge on any atom is 0.267 e. The Kier molecular flexibility index (Phi) is 5.31. The smallest absolute Gasteiger partial charge is 0.267 e. The van der Waals surface area contributed by atoms with Crippen molar-refractivity contribution in [3.05, 3.63) is 51.8 Å². The summed E-state index contributed by atoms with van der Waals surface area (Å²) in [7, 11) is 0. The van der Waals surface area contributed by atoms with Crippen molar-refractivity contribution in [3.8, 4) is 11.3 Å². The van der Waals surface area contributed by atoms with Crippen molar-refractivity contribution in [1.29, 1.82) is 0 Å². The van der Waals surface area contributed by atoms with Crippen molar-refractivity contribution >= 4 is 5.91 Å². The van der Waals surface area contributed by atoms with Crippen LogP contribution in [0.25, 0.3) is 11.3 Å². The maximum absolute atomic E-state index is 12.6. The van der Waals surface area contributed by atoms with E-state index in [9.17, 15) is 9.59 Å². The van der Waals surface area contributed by atoms with E-state index in [0.29, 0.717) is 0 Å². The van der Waals surface area contributed by atoms with E-state index >= 15 is 0 Å². The zero-order valence-corrected chi connectivity index (χ0v) is 15.0. The van der Waals surface area contributed by atoms with Gasteiger partial charge in [0.15, 0.2) is 0 Å². The minimum Gasteiger partial charge on any atom is -0.341 e. The average Bonchev–Trinajstić information content (AvgIpc) is 2.86. The molecule has 132 valence electrons. The average molecular weight is 339 g/mol. The molecule has 25 heavy (non-hydrogen) atoms. The Hall–Kier alpha value is -2.43. The van der Waals surface area contributed by atoms with Crippen LogP contribution in [0.2, 0.25) is 0 Å². The summed E-state index contributed by atoms with van der Waals surface area (Å²) in [6.07, 6.45) is 4.42. The summed E-state index contributed by atoms with van der Waals surface area (Å²) in [6, 6.07) is 9.36. The molecule has 1 aromatic carbocycles. The quantitative estimate of drug-likeness (QED) is 0.864. The second-order valence-electron chi connectivity index (χ2n) is 6.83. The van der Waals surface area contributed by atoms with E-state index in [2.05, 4.69) is 11.2 Å². The molecule has 3 rings (SSSR count). The van der Waals surface area contributed by atoms with Crippen LogP contribution in [0.3, 0.4) is 0 Å². The number of aromatic nitrogens is 2. The predicted octanol–water partition coefficient (Wildman–Crippen LogP) is 2.93. The Balaban J connectivity index is 1.84. The fourth-order valence-electron chi connectivity index (χ4n) is 3.36. The lowest BCUT2D eigenvalue weighted by Crippen LogP contribution is -2.37. The molecule has 1 amide bonds. The molecule has 1 fully saturated rings. The highest BCUT2D eigenvalue weighted by atomic mass is 16.2. The number of aryl methyl sites for hydroxylation is 2. The predicted molar refractivity (Wildman–Crippen MR) is 98.5 cm³/mol. The Morgan fingerprint density at radius 3 is 2.44 bits per heavy atom. The van der Waals surface area contributed by atoms with Gasteiger partial charge in [-0.3, -0.25) is 9.59 Å². The van der Waals surface area contributed by atoms with Gasteiger partial charge in [-0.25, -0.2) is 4.68 Å². The van der Waals surface area contributed by atoms with Gasteiger partial charge in [-0.15, -0.1) is 0 Å². The van der Waals surface area contributed by atoms with E-state index in [1.165, 1.54) is 29.2 Å². The maximum atomic E-state index is 12.6. The molecular formula is C20H25N3O2. The molecule has 0 saturated carbocycles. The number of rotatable bonds is 3. The van der Waals surface area contributed by atoms with Crippen molar-refractivity contribution in [2.45, 2.75) is 46.1 Å². The van der Waals surface area contributed by atoms with Crippen LogP contribution >= 0.6 is 0 Å². The summed E-state index contributed by atoms with van der Waals surface area (Å²) in [6.45, 7) is 5.65. The number of likely N-dealkylation sites (tertiary alicyclic amines) is 1. The number of amides is 1. The lowest BCUT2D eigenvalue weighted by Gasteiger charge is -2.20. The van der Waals surface area contributed by atoms with Crippen LogP contribution in [0.4, 0.5) is 0 Å². The van der Waals surface area contributed by atoms with E-state index in [-0.39, 0.29) is 18.0 Å². The fourth-order valence-corrected chi connectivity index (χ4v) is 3.36. The van der Waals surface area contributed by atoms with Crippen LogP contribution in [0.15, 0.2) is 35.1 Å². The molecule has 2 aromatic rings. The van der Waals surface area contributed by atoms with Gasteiger partial charge in [-0.1, -0.05) is 36.6 Å². The Morgan fingerprint density at radius 1 is 1.04 bits per heavy atom. The summed E-state index contributed by atoms with van der Waals surface area (Å²) in [5.74, 6) is -0.0192. The van der Waals surface area contributed by atoms with Crippen molar-refractivity contribution in [1.82, 2.24) is 14.7 Å². The van der Waals surface area contributed by atoms with Gasteiger partial charge >= 0.3 is 0 Å². The molecule has 5 heteroatoms. The van der Waals surface area contributed by atoms with Crippen molar-refractivity contribution in [3.63, 3.8) is 0 Å². The van der Waals surface area contributed by atoms with Gasteiger partial charge in [0, 0.05) is 24.7 Å². The molecular weight excluding hydrogens is 314 g/mol. The number of hydrogen-bond donors (Lipinski definition) is 0. The topological polar surface area (TPSA) is 55.2 Å². The molecule has 0 bridgehead atoms. The number of carbonyl (C=O) groups excluding carboxylic acids is 1. The molecule has 1 saturated heterocycles. The number of carbonyl (C=O) groups is 1. The standard InChI is InChI=1S/C20H25N3O2/c1-15-7-8-17(16(2)13-15)18-9-10-19(24)23(21-18)14-20(25)22-11-5-3-4-6-12-22/h7-10,13H,3-6,11-12,14H2,1-2H3. The minimum atomic E-state index is -0.239. The third-order valence-electron chi connectivity index (χ3n) is 4.77. The van der Waals surface area contributed by atoms with Crippen molar-refractivity contribution in [2.24, 2.45) is 0 Å². The number of hydrogen-bond acceptors (Lipinski definition) is 3. The van der Waals surface area contributed by atoms with Crippen LogP contribution in [0.1, 0.15) is 36.8 Å². The first-order valence-electron chi connectivity index (χ1n) is 8.98. The van der Waals surface area contributed by atoms with Crippen LogP contribution < -0.4 is 5.56 Å². The summed E-state index contributed by atoms with van der Waals surface area (Å²) >= 11 is 0. The summed E-state index contributed by atoms with van der Waals surface area (Å²) in [5, 5.41) is 4.45. The summed E-state index contributed by atoms with van der Waals surface area (Å²) < 4.78 is 1.29. The van der Waals surface area contributed by atoms with Gasteiger partial charge in [-0.2, -0.15) is 5.10 Å². The summed E-state index contributed by atoms with van der Waals surface area (Å²) in [4.78, 5) is 26.6. The Bertz CT molecular complexity index is 818. The normalized spacial score (nSPS) is 15.0. The van der Waals surface area contributed by atoms with E-state index < -0.39 is 0 Å². The largest absolute Gasteiger partial charge is 0.341 e. The zero-order valence-electron chi connectivity index (χ0n) is 15.0. The minimum absolute atomic E-state index is 0.0115. The van der Waals surface area contributed by atoms with E-state index in [1.807, 2.05) is 30.9 Å². The van der Waals surface area contributed by atoms with Crippen molar-refractivity contribution < 1.29 is 4.79 Å². The molecule has 0 radical (unpaired) electrons. The highest BCUT2D eigenvalue weighted by molar-refractivity contribution is 5.76. The molecule has 1 aliphatic rings. The van der Waals surface area contributed by atoms with Crippen LogP contribution in [0, 0.1) is 13.8 Å². The fraction of sp³-hybridized carbons (Fsp3) is 0.450. The third-order valence-corrected chi connectivity index (χ3v) is 4.77. The Morgan fingerprint density at radius 2 is 1.76 bits per heavy atom. The van der Waals surface area contributed by atoms with Gasteiger partial charge in [-0.05, 0) is 38.3 Å². The van der Waals surface area contributed by atoms with Gasteiger partial charge < -0.3 is 4.90 Å². The number of nitrogens with zero attached hydrogens (tertiary/aromatic N) is 3. The second-order valence-corrected chi connectivity index (χ2v) is 6.83. The molecule has 0 atom stereocenters. The van der Waals surface area contributed by atoms with Gasteiger partial charge in [0.1, 0.15) is 6.54 Å². The van der Waals surface area contributed by atoms with Crippen LogP contribution in [-0.4, -0.2) is 33.7 Å². The van der Waals surface area contributed by atoms with Crippen LogP contribution in [-0.2, 0) is 11.3 Å². The third kappa shape index (κ3) is 4.16. The van der Waals surface area contributed by atoms with E-state index in [0.717, 1.165) is 42.8 Å². The Labute approximate surface area is 148 Å². The first-order valence-corrected chi connectivity index (χ1v) is 8.98. The number of benzene rings is 1. The van der Waals surface area contributed by atoms with Crippen LogP contribution in [0.5, 0.6) is 0 Å². The molecule has 0 spiro atoms. The monoisotopic (exact) mass is 339 g/mol. The molecule has 0 N–H and O–H groups in total. The molecule has 0 unspecified atom stereocenters. The van der Waals surface area contributed by atoms with Gasteiger partial charge in [0.2, 0.25) is 5.91 Å². The first kappa shape index (κ1) is 17.4. The molecule has 1 aliphatic heterocycles. The van der Waals surface area contributed by atoms with Crippen molar-refractivity contribution in [2.75, 3.05) is 13.1 Å². The SMILES string of the molecule is Cc1ccc(-c2ccc(=O)n(CC(=O)N3CCCCCC3)n2)c(C)c1. The highest BCUT2D eigenvalue weighted by Gasteiger charge is 2.17. The van der Waals surface area contributed by atoms with Gasteiger partial charge in [0.25, 0.3) is 5.56 Å². The molecule has 5 nitrogen and oxygen atoms in total. The summed E-state index contributed by atoms with van der Waals surface area (Å²) in [5.41, 5.74) is 3.77. The lowest BCUT2D eigenvalue weighted by molar-refractivity contribution is -0.132. The highest BCUT2D eigenvalue weighted by Crippen LogP contribution is 2.21.